The molecule has 0 amide bonds. The third-order valence-electron chi connectivity index (χ3n) is 7.40. The summed E-state index contributed by atoms with van der Waals surface area (Å²) in [5.74, 6) is 1.44. The Balaban J connectivity index is 3.41. The lowest BCUT2D eigenvalue weighted by molar-refractivity contribution is -0.158. The van der Waals surface area contributed by atoms with Crippen molar-refractivity contribution in [3.8, 4) is 0 Å². The van der Waals surface area contributed by atoms with Gasteiger partial charge in [0.25, 0.3) is 0 Å². The highest BCUT2D eigenvalue weighted by molar-refractivity contribution is 8.17. The maximum Gasteiger partial charge on any atom is 0.192 e. The van der Waals surface area contributed by atoms with Gasteiger partial charge in [0.15, 0.2) is 22.4 Å². The molecule has 4 atom stereocenters. The third kappa shape index (κ3) is 8.51. The van der Waals surface area contributed by atoms with Crippen molar-refractivity contribution in [3.05, 3.63) is 0 Å². The first-order valence-electron chi connectivity index (χ1n) is 12.6. The van der Waals surface area contributed by atoms with Crippen LogP contribution in [-0.4, -0.2) is 62.9 Å². The molecule has 0 bridgehead atoms. The van der Waals surface area contributed by atoms with Gasteiger partial charge < -0.3 is 18.3 Å². The summed E-state index contributed by atoms with van der Waals surface area (Å²) in [7, 11) is -4.00. The van der Waals surface area contributed by atoms with E-state index in [0.29, 0.717) is 4.58 Å². The molecule has 1 aliphatic rings. The predicted molar refractivity (Wildman–Crippen MR) is 154 cm³/mol. The van der Waals surface area contributed by atoms with Gasteiger partial charge in [-0.2, -0.15) is 0 Å². The first-order chi connectivity index (χ1) is 14.7. The summed E-state index contributed by atoms with van der Waals surface area (Å²) < 4.78 is 27.5. The lowest BCUT2D eigenvalue weighted by Gasteiger charge is -2.44. The lowest BCUT2D eigenvalue weighted by atomic mass is 10.1. The fourth-order valence-corrected chi connectivity index (χ4v) is 9.08. The molecular weight excluding hydrogens is 485 g/mol. The van der Waals surface area contributed by atoms with Crippen LogP contribution >= 0.6 is 23.5 Å². The Kier molecular flexibility index (Phi) is 11.2. The van der Waals surface area contributed by atoms with Gasteiger partial charge in [-0.15, -0.1) is 23.5 Å². The van der Waals surface area contributed by atoms with Gasteiger partial charge >= 0.3 is 0 Å². The topological polar surface area (TPSA) is 36.9 Å². The molecule has 0 aromatic carbocycles. The van der Waals surface area contributed by atoms with Gasteiger partial charge in [-0.25, -0.2) is 0 Å². The summed E-state index contributed by atoms with van der Waals surface area (Å²) in [6.45, 7) is 33.8. The lowest BCUT2D eigenvalue weighted by Crippen LogP contribution is -2.55. The molecule has 0 unspecified atom stereocenters. The highest BCUT2D eigenvalue weighted by Gasteiger charge is 2.54. The smallest absolute Gasteiger partial charge is 0.192 e. The minimum atomic E-state index is -2.04. The molecule has 0 aliphatic carbocycles. The SMILES string of the molecule is CCSC(SCC)[C@H](O[Si](C)(C)C(C)(C)C)[C@@H]1OC(C)(C)O[C@H]1[C@H](C)O[Si](C)(C)C(C)(C)C. The number of hydrogen-bond acceptors (Lipinski definition) is 6. The van der Waals surface area contributed by atoms with E-state index in [0.717, 1.165) is 11.5 Å². The first-order valence-corrected chi connectivity index (χ1v) is 20.5. The van der Waals surface area contributed by atoms with Gasteiger partial charge in [0.2, 0.25) is 0 Å². The van der Waals surface area contributed by atoms with Gasteiger partial charge in [0, 0.05) is 0 Å². The van der Waals surface area contributed by atoms with E-state index in [-0.39, 0.29) is 34.5 Å². The molecule has 33 heavy (non-hydrogen) atoms. The van der Waals surface area contributed by atoms with Crippen molar-refractivity contribution in [2.45, 2.75) is 147 Å². The average molecular weight is 539 g/mol. The van der Waals surface area contributed by atoms with Crippen LogP contribution < -0.4 is 0 Å². The predicted octanol–water partition coefficient (Wildman–Crippen LogP) is 8.14. The van der Waals surface area contributed by atoms with Gasteiger partial charge in [0.05, 0.1) is 16.8 Å². The molecule has 0 N–H and O–H groups in total. The second-order valence-electron chi connectivity index (χ2n) is 12.8. The zero-order valence-electron chi connectivity index (χ0n) is 24.3. The average Bonchev–Trinajstić information content (AvgIpc) is 2.93. The number of thioether (sulfide) groups is 2. The van der Waals surface area contributed by atoms with E-state index in [1.165, 1.54) is 0 Å². The number of rotatable bonds is 11. The normalized spacial score (nSPS) is 24.4. The van der Waals surface area contributed by atoms with E-state index in [9.17, 15) is 0 Å². The molecule has 1 fully saturated rings. The fraction of sp³-hybridized carbons (Fsp3) is 1.00. The molecule has 0 saturated carbocycles. The molecule has 198 valence electrons. The van der Waals surface area contributed by atoms with Crippen molar-refractivity contribution in [3.63, 3.8) is 0 Å². The highest BCUT2D eigenvalue weighted by Crippen LogP contribution is 2.45. The molecule has 1 heterocycles. The van der Waals surface area contributed by atoms with E-state index >= 15 is 0 Å². The first kappa shape index (κ1) is 32.0. The van der Waals surface area contributed by atoms with E-state index < -0.39 is 22.4 Å². The molecular formula is C25H54O4S2Si2. The van der Waals surface area contributed by atoms with Crippen molar-refractivity contribution in [2.24, 2.45) is 0 Å². The van der Waals surface area contributed by atoms with Crippen LogP contribution in [0, 0.1) is 0 Å². The summed E-state index contributed by atoms with van der Waals surface area (Å²) in [6.07, 6.45) is -0.460. The number of hydrogen-bond donors (Lipinski definition) is 0. The largest absolute Gasteiger partial charge is 0.411 e. The van der Waals surface area contributed by atoms with Crippen molar-refractivity contribution < 1.29 is 18.3 Å². The van der Waals surface area contributed by atoms with E-state index in [1.54, 1.807) is 0 Å². The molecule has 4 nitrogen and oxygen atoms in total. The van der Waals surface area contributed by atoms with Crippen LogP contribution in [0.3, 0.4) is 0 Å². The Bertz CT molecular complexity index is 609. The molecule has 1 aliphatic heterocycles. The van der Waals surface area contributed by atoms with Crippen molar-refractivity contribution in [1.29, 1.82) is 0 Å². The van der Waals surface area contributed by atoms with Crippen LogP contribution in [0.1, 0.15) is 76.2 Å². The standard InChI is InChI=1S/C25H54O4S2Si2/c1-16-30-22(31-17-2)21(29-33(14,15)24(7,8)9)20-19(26-25(10,11)27-20)18(3)28-32(12,13)23(4,5)6/h18-22H,16-17H2,1-15H3/t18-,19-,20+,21+/m0/s1. The Morgan fingerprint density at radius 3 is 1.58 bits per heavy atom. The minimum absolute atomic E-state index is 0.0574. The molecule has 1 saturated heterocycles. The van der Waals surface area contributed by atoms with E-state index in [2.05, 4.69) is 88.5 Å². The molecule has 0 spiro atoms. The Morgan fingerprint density at radius 1 is 0.788 bits per heavy atom. The molecule has 8 heteroatoms. The third-order valence-corrected chi connectivity index (χ3v) is 19.1. The Hall–Kier alpha value is 0.974. The summed E-state index contributed by atoms with van der Waals surface area (Å²) >= 11 is 3.94. The zero-order valence-corrected chi connectivity index (χ0v) is 27.9. The molecule has 0 aromatic heterocycles. The summed E-state index contributed by atoms with van der Waals surface area (Å²) in [5.41, 5.74) is 0. The highest BCUT2D eigenvalue weighted by atomic mass is 32.2. The minimum Gasteiger partial charge on any atom is -0.411 e. The summed E-state index contributed by atoms with van der Waals surface area (Å²) in [5, 5.41) is 0.263. The molecule has 1 rings (SSSR count). The van der Waals surface area contributed by atoms with Gasteiger partial charge in [-0.1, -0.05) is 55.4 Å². The summed E-state index contributed by atoms with van der Waals surface area (Å²) in [6, 6.07) is 0. The van der Waals surface area contributed by atoms with Gasteiger partial charge in [-0.3, -0.25) is 0 Å². The van der Waals surface area contributed by atoms with Gasteiger partial charge in [-0.05, 0) is 68.5 Å². The van der Waals surface area contributed by atoms with Crippen LogP contribution in [0.5, 0.6) is 0 Å². The second kappa shape index (κ2) is 11.6. The van der Waals surface area contributed by atoms with Crippen molar-refractivity contribution in [1.82, 2.24) is 0 Å². The van der Waals surface area contributed by atoms with Crippen LogP contribution in [-0.2, 0) is 18.3 Å². The molecule has 0 radical (unpaired) electrons. The monoisotopic (exact) mass is 538 g/mol. The fourth-order valence-electron chi connectivity index (χ4n) is 3.50. The summed E-state index contributed by atoms with van der Waals surface area (Å²) in [4.78, 5) is 0. The van der Waals surface area contributed by atoms with E-state index in [4.69, 9.17) is 18.3 Å². The van der Waals surface area contributed by atoms with Crippen molar-refractivity contribution >= 4 is 40.2 Å². The van der Waals surface area contributed by atoms with Gasteiger partial charge in [0.1, 0.15) is 12.2 Å². The zero-order chi connectivity index (χ0) is 26.0. The van der Waals surface area contributed by atoms with Crippen LogP contribution in [0.25, 0.3) is 0 Å². The maximum absolute atomic E-state index is 7.17. The Labute approximate surface area is 216 Å². The quantitative estimate of drug-likeness (QED) is 0.195. The molecule has 0 aromatic rings. The van der Waals surface area contributed by atoms with Crippen molar-refractivity contribution in [2.75, 3.05) is 11.5 Å². The van der Waals surface area contributed by atoms with Crippen LogP contribution in [0.2, 0.25) is 36.3 Å². The van der Waals surface area contributed by atoms with Crippen LogP contribution in [0.4, 0.5) is 0 Å². The van der Waals surface area contributed by atoms with E-state index in [1.807, 2.05) is 37.4 Å². The maximum atomic E-state index is 7.17. The second-order valence-corrected chi connectivity index (χ2v) is 25.4. The number of ether oxygens (including phenoxy) is 2. The van der Waals surface area contributed by atoms with Crippen LogP contribution in [0.15, 0.2) is 0 Å². The Morgan fingerprint density at radius 2 is 1.18 bits per heavy atom.